The Kier molecular flexibility index (Phi) is 1.01. The monoisotopic (exact) mass is 125 g/mol. The van der Waals surface area contributed by atoms with Crippen molar-refractivity contribution in [3.8, 4) is 0 Å². The van der Waals surface area contributed by atoms with Gasteiger partial charge in [-0.25, -0.2) is 0 Å². The molecule has 8 heavy (non-hydrogen) atoms. The second kappa shape index (κ2) is 1.37. The Morgan fingerprint density at radius 3 is 1.75 bits per heavy atom. The van der Waals surface area contributed by atoms with Crippen molar-refractivity contribution in [2.24, 2.45) is 11.7 Å². The van der Waals surface area contributed by atoms with Crippen LogP contribution in [0.2, 0.25) is 0 Å². The summed E-state index contributed by atoms with van der Waals surface area (Å²) in [6.07, 6.45) is -3.93. The number of alkyl halides is 3. The Morgan fingerprint density at radius 2 is 1.75 bits per heavy atom. The highest BCUT2D eigenvalue weighted by Crippen LogP contribution is 2.42. The van der Waals surface area contributed by atoms with Crippen molar-refractivity contribution in [3.63, 3.8) is 0 Å². The summed E-state index contributed by atoms with van der Waals surface area (Å²) in [7, 11) is 0. The molecule has 0 unspecified atom stereocenters. The van der Waals surface area contributed by atoms with Crippen molar-refractivity contribution >= 4 is 0 Å². The standard InChI is InChI=1S/C4H6F3N/c5-4(6,7)2-1-3(2)8/h2-3H,1,8H2/t2-,3-/m1/s1. The van der Waals surface area contributed by atoms with E-state index in [1.807, 2.05) is 0 Å². The maximum absolute atomic E-state index is 11.4. The van der Waals surface area contributed by atoms with Gasteiger partial charge in [-0.2, -0.15) is 13.2 Å². The number of hydrogen-bond donors (Lipinski definition) is 1. The lowest BCUT2D eigenvalue weighted by Gasteiger charge is -2.00. The van der Waals surface area contributed by atoms with Gasteiger partial charge in [0.05, 0.1) is 5.92 Å². The fourth-order valence-electron chi connectivity index (χ4n) is 0.591. The van der Waals surface area contributed by atoms with Crippen LogP contribution in [0.5, 0.6) is 0 Å². The van der Waals surface area contributed by atoms with Gasteiger partial charge in [-0.3, -0.25) is 0 Å². The number of hydrogen-bond acceptors (Lipinski definition) is 1. The third-order valence-corrected chi connectivity index (χ3v) is 1.26. The Hall–Kier alpha value is -0.250. The van der Waals surface area contributed by atoms with Gasteiger partial charge in [0.2, 0.25) is 0 Å². The topological polar surface area (TPSA) is 26.0 Å². The third kappa shape index (κ3) is 0.940. The molecule has 1 rings (SSSR count). The lowest BCUT2D eigenvalue weighted by atomic mass is 10.4. The Morgan fingerprint density at radius 1 is 1.38 bits per heavy atom. The molecule has 0 radical (unpaired) electrons. The minimum absolute atomic E-state index is 0.115. The van der Waals surface area contributed by atoms with E-state index in [9.17, 15) is 13.2 Å². The number of rotatable bonds is 0. The molecule has 0 bridgehead atoms. The zero-order valence-electron chi connectivity index (χ0n) is 4.07. The summed E-state index contributed by atoms with van der Waals surface area (Å²) < 4.78 is 34.2. The Labute approximate surface area is 44.7 Å². The van der Waals surface area contributed by atoms with Crippen molar-refractivity contribution in [2.45, 2.75) is 18.6 Å². The van der Waals surface area contributed by atoms with Gasteiger partial charge in [-0.15, -0.1) is 0 Å². The molecule has 0 aromatic heterocycles. The summed E-state index contributed by atoms with van der Waals surface area (Å²) in [5.41, 5.74) is 4.93. The molecule has 0 aromatic rings. The molecule has 1 saturated carbocycles. The molecule has 48 valence electrons. The van der Waals surface area contributed by atoms with Gasteiger partial charge in [0.1, 0.15) is 0 Å². The van der Waals surface area contributed by atoms with Crippen LogP contribution in [-0.2, 0) is 0 Å². The molecule has 2 atom stereocenters. The second-order valence-corrected chi connectivity index (χ2v) is 2.05. The summed E-state index contributed by atoms with van der Waals surface area (Å²) in [4.78, 5) is 0. The molecular formula is C4H6F3N. The van der Waals surface area contributed by atoms with Gasteiger partial charge in [0.15, 0.2) is 0 Å². The first-order chi connectivity index (χ1) is 3.52. The third-order valence-electron chi connectivity index (χ3n) is 1.26. The van der Waals surface area contributed by atoms with Crippen molar-refractivity contribution < 1.29 is 13.2 Å². The van der Waals surface area contributed by atoms with Crippen LogP contribution in [0.1, 0.15) is 6.42 Å². The largest absolute Gasteiger partial charge is 0.393 e. The maximum atomic E-state index is 11.4. The van der Waals surface area contributed by atoms with Crippen molar-refractivity contribution in [1.82, 2.24) is 0 Å². The molecule has 4 heteroatoms. The molecule has 1 aliphatic carbocycles. The maximum Gasteiger partial charge on any atom is 0.393 e. The van der Waals surface area contributed by atoms with Crippen molar-refractivity contribution in [3.05, 3.63) is 0 Å². The quantitative estimate of drug-likeness (QED) is 0.511. The summed E-state index contributed by atoms with van der Waals surface area (Å²) in [5.74, 6) is -1.21. The lowest BCUT2D eigenvalue weighted by Crippen LogP contribution is -2.17. The first-order valence-corrected chi connectivity index (χ1v) is 2.34. The molecular weight excluding hydrogens is 119 g/mol. The minimum atomic E-state index is -4.04. The normalized spacial score (nSPS) is 37.5. The fourth-order valence-corrected chi connectivity index (χ4v) is 0.591. The number of nitrogens with two attached hydrogens (primary N) is 1. The van der Waals surface area contributed by atoms with E-state index in [0.717, 1.165) is 0 Å². The highest BCUT2D eigenvalue weighted by molar-refractivity contribution is 4.94. The molecule has 1 fully saturated rings. The van der Waals surface area contributed by atoms with Crippen LogP contribution in [0.25, 0.3) is 0 Å². The Balaban J connectivity index is 2.39. The smallest absolute Gasteiger partial charge is 0.327 e. The molecule has 0 spiro atoms. The molecule has 0 heterocycles. The molecule has 0 aromatic carbocycles. The van der Waals surface area contributed by atoms with E-state index in [2.05, 4.69) is 0 Å². The molecule has 1 aliphatic rings. The molecule has 1 nitrogen and oxygen atoms in total. The second-order valence-electron chi connectivity index (χ2n) is 2.05. The SMILES string of the molecule is N[C@@H]1C[C@H]1C(F)(F)F. The fraction of sp³-hybridized carbons (Fsp3) is 1.00. The van der Waals surface area contributed by atoms with Crippen LogP contribution < -0.4 is 5.73 Å². The first kappa shape index (κ1) is 5.88. The van der Waals surface area contributed by atoms with E-state index in [1.165, 1.54) is 0 Å². The highest BCUT2D eigenvalue weighted by Gasteiger charge is 2.53. The predicted octanol–water partition coefficient (Wildman–Crippen LogP) is 0.896. The minimum Gasteiger partial charge on any atom is -0.327 e. The van der Waals surface area contributed by atoms with E-state index in [1.54, 1.807) is 0 Å². The van der Waals surface area contributed by atoms with E-state index >= 15 is 0 Å². The van der Waals surface area contributed by atoms with Gasteiger partial charge in [0, 0.05) is 6.04 Å². The van der Waals surface area contributed by atoms with Crippen LogP contribution in [0.15, 0.2) is 0 Å². The van der Waals surface area contributed by atoms with Crippen molar-refractivity contribution in [1.29, 1.82) is 0 Å². The highest BCUT2D eigenvalue weighted by atomic mass is 19.4. The number of halogens is 3. The molecule has 0 amide bonds. The van der Waals surface area contributed by atoms with Crippen LogP contribution >= 0.6 is 0 Å². The van der Waals surface area contributed by atoms with E-state index in [-0.39, 0.29) is 6.42 Å². The van der Waals surface area contributed by atoms with E-state index in [0.29, 0.717) is 0 Å². The van der Waals surface area contributed by atoms with Gasteiger partial charge in [-0.1, -0.05) is 0 Å². The Bertz CT molecular complexity index is 97.9. The van der Waals surface area contributed by atoms with Gasteiger partial charge >= 0.3 is 6.18 Å². The van der Waals surface area contributed by atoms with Gasteiger partial charge in [-0.05, 0) is 6.42 Å². The first-order valence-electron chi connectivity index (χ1n) is 2.34. The van der Waals surface area contributed by atoms with Crippen molar-refractivity contribution in [2.75, 3.05) is 0 Å². The average Bonchev–Trinajstić information content (AvgIpc) is 2.13. The summed E-state index contributed by atoms with van der Waals surface area (Å²) >= 11 is 0. The van der Waals surface area contributed by atoms with Crippen LogP contribution in [-0.4, -0.2) is 12.2 Å². The van der Waals surface area contributed by atoms with Gasteiger partial charge < -0.3 is 5.73 Å². The predicted molar refractivity (Wildman–Crippen MR) is 22.1 cm³/mol. The van der Waals surface area contributed by atoms with Gasteiger partial charge in [0.25, 0.3) is 0 Å². The molecule has 0 aliphatic heterocycles. The zero-order valence-corrected chi connectivity index (χ0v) is 4.07. The molecule has 0 saturated heterocycles. The van der Waals surface area contributed by atoms with E-state index < -0.39 is 18.1 Å². The molecule has 2 N–H and O–H groups in total. The van der Waals surface area contributed by atoms with Crippen LogP contribution in [0.4, 0.5) is 13.2 Å². The summed E-state index contributed by atoms with van der Waals surface area (Å²) in [5, 5.41) is 0. The summed E-state index contributed by atoms with van der Waals surface area (Å²) in [6, 6.07) is -0.616. The lowest BCUT2D eigenvalue weighted by molar-refractivity contribution is -0.148. The zero-order chi connectivity index (χ0) is 6.36. The van der Waals surface area contributed by atoms with Crippen LogP contribution in [0.3, 0.4) is 0 Å². The average molecular weight is 125 g/mol. The van der Waals surface area contributed by atoms with E-state index in [4.69, 9.17) is 5.73 Å². The summed E-state index contributed by atoms with van der Waals surface area (Å²) in [6.45, 7) is 0. The van der Waals surface area contributed by atoms with Crippen LogP contribution in [0, 0.1) is 5.92 Å².